The van der Waals surface area contributed by atoms with Crippen molar-refractivity contribution in [1.82, 2.24) is 4.90 Å². The first-order valence-corrected chi connectivity index (χ1v) is 9.17. The van der Waals surface area contributed by atoms with E-state index in [2.05, 4.69) is 4.74 Å². The standard InChI is InChI=1S/C22H25NO5/c1-3-28-21(25)16-23(15-17-7-5-4-6-8-17)14-13-20(24)18-9-11-19(12-10-18)22(26)27-2/h4-12H,3,13-16H2,1-2H3. The summed E-state index contributed by atoms with van der Waals surface area (Å²) in [6, 6.07) is 16.1. The maximum Gasteiger partial charge on any atom is 0.337 e. The third kappa shape index (κ3) is 6.63. The van der Waals surface area contributed by atoms with Crippen molar-refractivity contribution in [2.24, 2.45) is 0 Å². The molecular weight excluding hydrogens is 358 g/mol. The summed E-state index contributed by atoms with van der Waals surface area (Å²) in [6.45, 7) is 3.18. The van der Waals surface area contributed by atoms with Crippen LogP contribution < -0.4 is 0 Å². The third-order valence-corrected chi connectivity index (χ3v) is 4.19. The van der Waals surface area contributed by atoms with E-state index in [1.165, 1.54) is 7.11 Å². The molecule has 0 N–H and O–H groups in total. The maximum atomic E-state index is 12.5. The molecule has 2 rings (SSSR count). The third-order valence-electron chi connectivity index (χ3n) is 4.19. The highest BCUT2D eigenvalue weighted by Gasteiger charge is 2.15. The summed E-state index contributed by atoms with van der Waals surface area (Å²) >= 11 is 0. The van der Waals surface area contributed by atoms with Gasteiger partial charge in [-0.15, -0.1) is 0 Å². The molecule has 0 radical (unpaired) electrons. The highest BCUT2D eigenvalue weighted by molar-refractivity contribution is 5.97. The highest BCUT2D eigenvalue weighted by atomic mass is 16.5. The predicted molar refractivity (Wildman–Crippen MR) is 105 cm³/mol. The molecule has 0 aliphatic carbocycles. The van der Waals surface area contributed by atoms with Crippen LogP contribution in [0.4, 0.5) is 0 Å². The monoisotopic (exact) mass is 383 g/mol. The van der Waals surface area contributed by atoms with Crippen LogP contribution in [0.25, 0.3) is 0 Å². The minimum absolute atomic E-state index is 0.0571. The minimum Gasteiger partial charge on any atom is -0.465 e. The molecule has 6 heteroatoms. The van der Waals surface area contributed by atoms with E-state index in [1.807, 2.05) is 35.2 Å². The number of hydrogen-bond acceptors (Lipinski definition) is 6. The van der Waals surface area contributed by atoms with Crippen LogP contribution in [0, 0.1) is 0 Å². The van der Waals surface area contributed by atoms with Crippen molar-refractivity contribution in [1.29, 1.82) is 0 Å². The molecule has 2 aromatic rings. The number of carbonyl (C=O) groups is 3. The van der Waals surface area contributed by atoms with Gasteiger partial charge in [0.05, 0.1) is 25.8 Å². The van der Waals surface area contributed by atoms with Crippen LogP contribution in [-0.2, 0) is 20.8 Å². The van der Waals surface area contributed by atoms with Crippen molar-refractivity contribution in [3.63, 3.8) is 0 Å². The second-order valence-electron chi connectivity index (χ2n) is 6.24. The van der Waals surface area contributed by atoms with Gasteiger partial charge in [-0.25, -0.2) is 4.79 Å². The molecule has 0 bridgehead atoms. The summed E-state index contributed by atoms with van der Waals surface area (Å²) in [6.07, 6.45) is 0.254. The average molecular weight is 383 g/mol. The number of ketones is 1. The average Bonchev–Trinajstić information content (AvgIpc) is 2.72. The van der Waals surface area contributed by atoms with Gasteiger partial charge in [-0.2, -0.15) is 0 Å². The van der Waals surface area contributed by atoms with Crippen LogP contribution in [0.5, 0.6) is 0 Å². The number of benzene rings is 2. The van der Waals surface area contributed by atoms with E-state index < -0.39 is 5.97 Å². The van der Waals surface area contributed by atoms with Gasteiger partial charge in [0.2, 0.25) is 0 Å². The van der Waals surface area contributed by atoms with Crippen molar-refractivity contribution in [3.05, 3.63) is 71.3 Å². The van der Waals surface area contributed by atoms with E-state index in [0.29, 0.717) is 30.8 Å². The molecule has 0 atom stereocenters. The maximum absolute atomic E-state index is 12.5. The van der Waals surface area contributed by atoms with Crippen molar-refractivity contribution >= 4 is 17.7 Å². The zero-order valence-electron chi connectivity index (χ0n) is 16.2. The fourth-order valence-electron chi connectivity index (χ4n) is 2.76. The van der Waals surface area contributed by atoms with Gasteiger partial charge >= 0.3 is 11.9 Å². The molecule has 0 spiro atoms. The molecular formula is C22H25NO5. The summed E-state index contributed by atoms with van der Waals surface area (Å²) < 4.78 is 9.69. The molecule has 0 unspecified atom stereocenters. The van der Waals surface area contributed by atoms with Gasteiger partial charge < -0.3 is 9.47 Å². The fourth-order valence-corrected chi connectivity index (χ4v) is 2.76. The van der Waals surface area contributed by atoms with Gasteiger partial charge in [-0.1, -0.05) is 42.5 Å². The Morgan fingerprint density at radius 1 is 0.929 bits per heavy atom. The van der Waals surface area contributed by atoms with E-state index in [9.17, 15) is 14.4 Å². The smallest absolute Gasteiger partial charge is 0.337 e. The molecule has 0 amide bonds. The largest absolute Gasteiger partial charge is 0.465 e. The lowest BCUT2D eigenvalue weighted by Gasteiger charge is -2.21. The second-order valence-corrected chi connectivity index (χ2v) is 6.24. The summed E-state index contributed by atoms with van der Waals surface area (Å²) in [5, 5.41) is 0. The number of hydrogen-bond donors (Lipinski definition) is 0. The summed E-state index contributed by atoms with van der Waals surface area (Å²) in [4.78, 5) is 37.8. The van der Waals surface area contributed by atoms with Crippen molar-refractivity contribution in [2.75, 3.05) is 26.8 Å². The van der Waals surface area contributed by atoms with Gasteiger partial charge in [0.25, 0.3) is 0 Å². The number of carbonyl (C=O) groups excluding carboxylic acids is 3. The Morgan fingerprint density at radius 2 is 1.57 bits per heavy atom. The van der Waals surface area contributed by atoms with Gasteiger partial charge in [0, 0.05) is 25.1 Å². The molecule has 0 saturated carbocycles. The van der Waals surface area contributed by atoms with Crippen LogP contribution in [-0.4, -0.2) is 49.4 Å². The van der Waals surface area contributed by atoms with E-state index in [1.54, 1.807) is 31.2 Å². The fraction of sp³-hybridized carbons (Fsp3) is 0.318. The van der Waals surface area contributed by atoms with Crippen LogP contribution >= 0.6 is 0 Å². The Balaban J connectivity index is 1.99. The first-order valence-electron chi connectivity index (χ1n) is 9.17. The van der Waals surface area contributed by atoms with Gasteiger partial charge in [0.1, 0.15) is 0 Å². The normalized spacial score (nSPS) is 10.5. The van der Waals surface area contributed by atoms with Gasteiger partial charge in [0.15, 0.2) is 5.78 Å². The molecule has 0 fully saturated rings. The SMILES string of the molecule is CCOC(=O)CN(CCC(=O)c1ccc(C(=O)OC)cc1)Cc1ccccc1. The van der Waals surface area contributed by atoms with Crippen molar-refractivity contribution in [3.8, 4) is 0 Å². The molecule has 0 aliphatic rings. The number of methoxy groups -OCH3 is 1. The van der Waals surface area contributed by atoms with E-state index in [4.69, 9.17) is 4.74 Å². The number of ether oxygens (including phenoxy) is 2. The number of esters is 2. The minimum atomic E-state index is -0.442. The van der Waals surface area contributed by atoms with Crippen LogP contribution in [0.15, 0.2) is 54.6 Å². The van der Waals surface area contributed by atoms with Gasteiger partial charge in [-0.3, -0.25) is 14.5 Å². The van der Waals surface area contributed by atoms with E-state index in [0.717, 1.165) is 5.56 Å². The summed E-state index contributed by atoms with van der Waals surface area (Å²) in [5.41, 5.74) is 1.97. The Labute approximate surface area is 165 Å². The van der Waals surface area contributed by atoms with Gasteiger partial charge in [-0.05, 0) is 24.6 Å². The predicted octanol–water partition coefficient (Wildman–Crippen LogP) is 3.11. The second kappa shape index (κ2) is 11.0. The number of rotatable bonds is 10. The Morgan fingerprint density at radius 3 is 2.18 bits per heavy atom. The Bertz CT molecular complexity index is 786. The van der Waals surface area contributed by atoms with Crippen LogP contribution in [0.1, 0.15) is 39.6 Å². The molecule has 2 aromatic carbocycles. The lowest BCUT2D eigenvalue weighted by molar-refractivity contribution is -0.144. The number of Topliss-reactive ketones (excluding diaryl/α,β-unsaturated/α-hetero) is 1. The zero-order valence-corrected chi connectivity index (χ0v) is 16.2. The molecule has 0 aliphatic heterocycles. The van der Waals surface area contributed by atoms with Crippen LogP contribution in [0.2, 0.25) is 0 Å². The topological polar surface area (TPSA) is 72.9 Å². The van der Waals surface area contributed by atoms with E-state index in [-0.39, 0.29) is 24.7 Å². The molecule has 6 nitrogen and oxygen atoms in total. The Hall–Kier alpha value is -2.99. The van der Waals surface area contributed by atoms with E-state index >= 15 is 0 Å². The molecule has 0 aromatic heterocycles. The highest BCUT2D eigenvalue weighted by Crippen LogP contribution is 2.11. The van der Waals surface area contributed by atoms with Crippen molar-refractivity contribution in [2.45, 2.75) is 19.9 Å². The first kappa shape index (κ1) is 21.3. The quantitative estimate of drug-likeness (QED) is 0.464. The summed E-state index contributed by atoms with van der Waals surface area (Å²) in [5.74, 6) is -0.811. The Kier molecular flexibility index (Phi) is 8.37. The van der Waals surface area contributed by atoms with Crippen molar-refractivity contribution < 1.29 is 23.9 Å². The lowest BCUT2D eigenvalue weighted by atomic mass is 10.1. The number of nitrogens with zero attached hydrogens (tertiary/aromatic N) is 1. The first-order chi connectivity index (χ1) is 13.5. The molecule has 0 saturated heterocycles. The molecule has 28 heavy (non-hydrogen) atoms. The molecule has 0 heterocycles. The molecule has 148 valence electrons. The lowest BCUT2D eigenvalue weighted by Crippen LogP contribution is -2.32. The zero-order chi connectivity index (χ0) is 20.4. The summed E-state index contributed by atoms with van der Waals surface area (Å²) in [7, 11) is 1.31. The van der Waals surface area contributed by atoms with Crippen LogP contribution in [0.3, 0.4) is 0 Å².